The van der Waals surface area contributed by atoms with E-state index in [4.69, 9.17) is 10.5 Å². The summed E-state index contributed by atoms with van der Waals surface area (Å²) in [6, 6.07) is 13.2. The van der Waals surface area contributed by atoms with Gasteiger partial charge >= 0.3 is 0 Å². The monoisotopic (exact) mass is 454 g/mol. The number of nitrogens with zero attached hydrogens (tertiary/aromatic N) is 6. The maximum atomic E-state index is 13.9. The van der Waals surface area contributed by atoms with Crippen LogP contribution < -0.4 is 0 Å². The van der Waals surface area contributed by atoms with Crippen molar-refractivity contribution in [1.29, 1.82) is 10.5 Å². The molecule has 0 unspecified atom stereocenters. The van der Waals surface area contributed by atoms with Crippen LogP contribution in [-0.2, 0) is 12.8 Å². The van der Waals surface area contributed by atoms with Crippen LogP contribution in [0.3, 0.4) is 0 Å². The Kier molecular flexibility index (Phi) is 5.65. The molecule has 0 fully saturated rings. The van der Waals surface area contributed by atoms with Crippen molar-refractivity contribution in [3.63, 3.8) is 0 Å². The van der Waals surface area contributed by atoms with E-state index >= 15 is 0 Å². The van der Waals surface area contributed by atoms with Gasteiger partial charge in [0.05, 0.1) is 48.0 Å². The second-order valence-electron chi connectivity index (χ2n) is 8.39. The summed E-state index contributed by atoms with van der Waals surface area (Å²) in [7, 11) is 0. The van der Waals surface area contributed by atoms with Gasteiger partial charge in [-0.05, 0) is 49.9 Å². The van der Waals surface area contributed by atoms with E-state index in [-0.39, 0.29) is 23.7 Å². The molecule has 4 aromatic rings. The van der Waals surface area contributed by atoms with Gasteiger partial charge in [-0.15, -0.1) is 0 Å². The normalized spacial score (nSPS) is 17.8. The highest BCUT2D eigenvalue weighted by atomic mass is 19.1. The Labute approximate surface area is 195 Å². The van der Waals surface area contributed by atoms with Crippen LogP contribution in [0.15, 0.2) is 61.4 Å². The van der Waals surface area contributed by atoms with Gasteiger partial charge in [-0.2, -0.15) is 10.5 Å². The summed E-state index contributed by atoms with van der Waals surface area (Å²) < 4.78 is 31.8. The largest absolute Gasteiger partial charge is 0.327 e. The van der Waals surface area contributed by atoms with E-state index in [2.05, 4.69) is 9.97 Å². The number of fused-ring (bicyclic) bond motifs is 2. The lowest BCUT2D eigenvalue weighted by Gasteiger charge is -2.14. The fourth-order valence-electron chi connectivity index (χ4n) is 4.80. The van der Waals surface area contributed by atoms with Crippen LogP contribution in [0.2, 0.25) is 0 Å². The van der Waals surface area contributed by atoms with Crippen LogP contribution in [0.5, 0.6) is 0 Å². The molecule has 0 saturated carbocycles. The van der Waals surface area contributed by atoms with E-state index in [9.17, 15) is 8.78 Å². The SMILES string of the molecule is N#Cc1ccc([C@@H]2CCc3cncn32)c(F)c1.N#Cc1ccc([C@H]2CCc3cncn32)c(F)c1. The Morgan fingerprint density at radius 3 is 1.56 bits per heavy atom. The van der Waals surface area contributed by atoms with E-state index in [0.29, 0.717) is 22.3 Å². The summed E-state index contributed by atoms with van der Waals surface area (Å²) in [5, 5.41) is 17.4. The lowest BCUT2D eigenvalue weighted by molar-refractivity contribution is 0.545. The molecule has 34 heavy (non-hydrogen) atoms. The highest BCUT2D eigenvalue weighted by molar-refractivity contribution is 5.36. The van der Waals surface area contributed by atoms with Crippen LogP contribution in [-0.4, -0.2) is 19.1 Å². The Morgan fingerprint density at radius 2 is 1.18 bits per heavy atom. The number of aromatic nitrogens is 4. The molecule has 2 aliphatic rings. The van der Waals surface area contributed by atoms with Crippen molar-refractivity contribution >= 4 is 0 Å². The molecule has 0 radical (unpaired) electrons. The first-order chi connectivity index (χ1) is 16.6. The molecule has 168 valence electrons. The van der Waals surface area contributed by atoms with Crippen molar-refractivity contribution in [2.75, 3.05) is 0 Å². The van der Waals surface area contributed by atoms with Crippen LogP contribution in [0.1, 0.15) is 58.6 Å². The smallest absolute Gasteiger partial charge is 0.129 e. The first-order valence-electron chi connectivity index (χ1n) is 11.0. The summed E-state index contributed by atoms with van der Waals surface area (Å²) >= 11 is 0. The van der Waals surface area contributed by atoms with Crippen molar-refractivity contribution in [3.05, 3.63) is 107 Å². The highest BCUT2D eigenvalue weighted by Gasteiger charge is 2.26. The molecule has 4 heterocycles. The van der Waals surface area contributed by atoms with Gasteiger partial charge in [0.2, 0.25) is 0 Å². The zero-order valence-electron chi connectivity index (χ0n) is 18.2. The standard InChI is InChI=1S/2C13H10FN3/c2*14-12-5-9(6-15)1-3-11(12)13-4-2-10-7-16-8-17(10)13/h2*1,3,5,7-8,13H,2,4H2/t2*13-/m10/s1. The molecular weight excluding hydrogens is 434 g/mol. The number of halogens is 2. The molecule has 2 atom stereocenters. The number of aryl methyl sites for hydroxylation is 2. The third-order valence-electron chi connectivity index (χ3n) is 6.49. The first kappa shape index (κ1) is 21.5. The summed E-state index contributed by atoms with van der Waals surface area (Å²) in [6.07, 6.45) is 10.7. The molecule has 6 rings (SSSR count). The lowest BCUT2D eigenvalue weighted by Crippen LogP contribution is -2.06. The maximum absolute atomic E-state index is 13.9. The van der Waals surface area contributed by atoms with Crippen molar-refractivity contribution < 1.29 is 8.78 Å². The fraction of sp³-hybridized carbons (Fsp3) is 0.231. The quantitative estimate of drug-likeness (QED) is 0.433. The number of hydrogen-bond acceptors (Lipinski definition) is 4. The third kappa shape index (κ3) is 3.84. The van der Waals surface area contributed by atoms with Gasteiger partial charge in [0.25, 0.3) is 0 Å². The summed E-state index contributed by atoms with van der Waals surface area (Å²) in [5.74, 6) is -0.619. The van der Waals surface area contributed by atoms with Crippen molar-refractivity contribution in [1.82, 2.24) is 19.1 Å². The number of imidazole rings is 2. The molecule has 2 aromatic carbocycles. The topological polar surface area (TPSA) is 83.2 Å². The molecule has 8 heteroatoms. The minimum Gasteiger partial charge on any atom is -0.327 e. The van der Waals surface area contributed by atoms with Gasteiger partial charge in [0.15, 0.2) is 0 Å². The fourth-order valence-corrected chi connectivity index (χ4v) is 4.80. The van der Waals surface area contributed by atoms with Crippen LogP contribution in [0.4, 0.5) is 8.78 Å². The minimum absolute atomic E-state index is 0.0141. The Bertz CT molecular complexity index is 1330. The zero-order chi connectivity index (χ0) is 23.7. The number of benzene rings is 2. The van der Waals surface area contributed by atoms with E-state index < -0.39 is 0 Å². The molecule has 0 saturated heterocycles. The summed E-state index contributed by atoms with van der Waals surface area (Å²) in [5.41, 5.74) is 4.27. The molecule has 0 N–H and O–H groups in total. The Hall–Kier alpha value is -4.30. The number of nitriles is 2. The number of hydrogen-bond donors (Lipinski definition) is 0. The second-order valence-corrected chi connectivity index (χ2v) is 8.39. The van der Waals surface area contributed by atoms with Gasteiger partial charge < -0.3 is 9.13 Å². The Morgan fingerprint density at radius 1 is 0.735 bits per heavy atom. The molecular formula is C26H20F2N6. The average molecular weight is 454 g/mol. The van der Waals surface area contributed by atoms with E-state index in [1.807, 2.05) is 33.7 Å². The van der Waals surface area contributed by atoms with Gasteiger partial charge in [-0.3, -0.25) is 0 Å². The lowest BCUT2D eigenvalue weighted by atomic mass is 10.0. The summed E-state index contributed by atoms with van der Waals surface area (Å²) in [6.45, 7) is 0. The van der Waals surface area contributed by atoms with E-state index in [0.717, 1.165) is 37.1 Å². The van der Waals surface area contributed by atoms with Crippen molar-refractivity contribution in [2.45, 2.75) is 37.8 Å². The third-order valence-corrected chi connectivity index (χ3v) is 6.49. The molecule has 0 spiro atoms. The summed E-state index contributed by atoms with van der Waals surface area (Å²) in [4.78, 5) is 8.14. The molecule has 0 amide bonds. The molecule has 2 aliphatic heterocycles. The minimum atomic E-state index is -0.310. The average Bonchev–Trinajstić information content (AvgIpc) is 3.62. The molecule has 0 bridgehead atoms. The van der Waals surface area contributed by atoms with Gasteiger partial charge in [0.1, 0.15) is 11.6 Å². The van der Waals surface area contributed by atoms with Gasteiger partial charge in [-0.1, -0.05) is 12.1 Å². The predicted molar refractivity (Wildman–Crippen MR) is 120 cm³/mol. The van der Waals surface area contributed by atoms with Crippen LogP contribution in [0, 0.1) is 34.3 Å². The van der Waals surface area contributed by atoms with Gasteiger partial charge in [0, 0.05) is 34.9 Å². The first-order valence-corrected chi connectivity index (χ1v) is 11.0. The molecule has 2 aromatic heterocycles. The number of rotatable bonds is 2. The van der Waals surface area contributed by atoms with Crippen LogP contribution >= 0.6 is 0 Å². The van der Waals surface area contributed by atoms with Crippen molar-refractivity contribution in [3.8, 4) is 12.1 Å². The second kappa shape index (κ2) is 8.92. The molecule has 0 aliphatic carbocycles. The van der Waals surface area contributed by atoms with Crippen LogP contribution in [0.25, 0.3) is 0 Å². The van der Waals surface area contributed by atoms with Crippen molar-refractivity contribution in [2.24, 2.45) is 0 Å². The maximum Gasteiger partial charge on any atom is 0.129 e. The predicted octanol–water partition coefficient (Wildman–Crippen LogP) is 4.86. The van der Waals surface area contributed by atoms with Gasteiger partial charge in [-0.25, -0.2) is 18.7 Å². The highest BCUT2D eigenvalue weighted by Crippen LogP contribution is 2.34. The van der Waals surface area contributed by atoms with E-state index in [1.54, 1.807) is 36.9 Å². The Balaban J connectivity index is 0.000000142. The zero-order valence-corrected chi connectivity index (χ0v) is 18.2. The molecule has 6 nitrogen and oxygen atoms in total. The van der Waals surface area contributed by atoms with E-state index in [1.165, 1.54) is 12.1 Å².